The summed E-state index contributed by atoms with van der Waals surface area (Å²) in [5.74, 6) is -0.0461. The highest BCUT2D eigenvalue weighted by molar-refractivity contribution is 14.1. The highest BCUT2D eigenvalue weighted by atomic mass is 127. The van der Waals surface area contributed by atoms with Crippen molar-refractivity contribution in [3.05, 3.63) is 85.9 Å². The summed E-state index contributed by atoms with van der Waals surface area (Å²) in [4.78, 5) is 16.7. The minimum absolute atomic E-state index is 0.200. The summed E-state index contributed by atoms with van der Waals surface area (Å²) in [6, 6.07) is 17.8. The van der Waals surface area contributed by atoms with Crippen LogP contribution in [-0.2, 0) is 0 Å². The molecule has 0 bridgehead atoms. The molecule has 0 atom stereocenters. The molecule has 1 amide bonds. The van der Waals surface area contributed by atoms with Crippen LogP contribution in [0.5, 0.6) is 5.75 Å². The number of aliphatic imine (C=N–C) groups is 1. The number of hydrogen-bond acceptors (Lipinski definition) is 3. The third kappa shape index (κ3) is 4.87. The Morgan fingerprint density at radius 3 is 2.63 bits per heavy atom. The molecule has 3 aromatic rings. The fourth-order valence-corrected chi connectivity index (χ4v) is 3.44. The lowest BCUT2D eigenvalue weighted by molar-refractivity contribution is 0.102. The zero-order valence-electron chi connectivity index (χ0n) is 14.4. The number of rotatable bonds is 4. The Morgan fingerprint density at radius 2 is 1.89 bits per heavy atom. The van der Waals surface area contributed by atoms with E-state index in [4.69, 9.17) is 11.6 Å². The fraction of sp³-hybridized carbons (Fsp3) is 0.0476. The minimum Gasteiger partial charge on any atom is -0.507 e. The van der Waals surface area contributed by atoms with Crippen LogP contribution in [0, 0.1) is 10.5 Å². The first-order valence-electron chi connectivity index (χ1n) is 8.13. The van der Waals surface area contributed by atoms with Gasteiger partial charge in [-0.3, -0.25) is 9.79 Å². The molecule has 0 radical (unpaired) electrons. The van der Waals surface area contributed by atoms with Crippen molar-refractivity contribution in [1.29, 1.82) is 0 Å². The standard InChI is InChI=1S/C21H16ClIN2O2/c1-13-9-16(23)10-15(20(13)26)12-24-17-7-8-18(22)19(11-17)25-21(27)14-5-3-2-4-6-14/h2-12,26H,1H3,(H,25,27). The molecule has 2 N–H and O–H groups in total. The van der Waals surface area contributed by atoms with Gasteiger partial charge in [-0.2, -0.15) is 0 Å². The highest BCUT2D eigenvalue weighted by Gasteiger charge is 2.09. The van der Waals surface area contributed by atoms with Gasteiger partial charge in [0.2, 0.25) is 0 Å². The number of halogens is 2. The Balaban J connectivity index is 1.84. The molecular formula is C21H16ClIN2O2. The number of carbonyl (C=O) groups excluding carboxylic acids is 1. The summed E-state index contributed by atoms with van der Waals surface area (Å²) >= 11 is 8.40. The van der Waals surface area contributed by atoms with Gasteiger partial charge in [-0.25, -0.2) is 0 Å². The summed E-state index contributed by atoms with van der Waals surface area (Å²) in [6.07, 6.45) is 1.59. The lowest BCUT2D eigenvalue weighted by Crippen LogP contribution is -2.11. The van der Waals surface area contributed by atoms with Gasteiger partial charge in [-0.15, -0.1) is 0 Å². The second kappa shape index (κ2) is 8.54. The first-order valence-corrected chi connectivity index (χ1v) is 9.59. The highest BCUT2D eigenvalue weighted by Crippen LogP contribution is 2.29. The largest absolute Gasteiger partial charge is 0.507 e. The van der Waals surface area contributed by atoms with Gasteiger partial charge in [0.05, 0.1) is 16.4 Å². The predicted octanol–water partition coefficient (Wildman–Crippen LogP) is 5.96. The van der Waals surface area contributed by atoms with Crippen molar-refractivity contribution in [1.82, 2.24) is 0 Å². The van der Waals surface area contributed by atoms with Crippen molar-refractivity contribution < 1.29 is 9.90 Å². The molecule has 0 spiro atoms. The smallest absolute Gasteiger partial charge is 0.255 e. The number of aryl methyl sites for hydroxylation is 1. The van der Waals surface area contributed by atoms with Crippen LogP contribution >= 0.6 is 34.2 Å². The van der Waals surface area contributed by atoms with Crippen molar-refractivity contribution in [2.24, 2.45) is 4.99 Å². The van der Waals surface area contributed by atoms with Gasteiger partial charge in [0.25, 0.3) is 5.91 Å². The van der Waals surface area contributed by atoms with Gasteiger partial charge in [-0.05, 0) is 77.5 Å². The quantitative estimate of drug-likeness (QED) is 0.350. The summed E-state index contributed by atoms with van der Waals surface area (Å²) in [6.45, 7) is 1.84. The predicted molar refractivity (Wildman–Crippen MR) is 119 cm³/mol. The van der Waals surface area contributed by atoms with E-state index in [9.17, 15) is 9.90 Å². The van der Waals surface area contributed by atoms with Crippen molar-refractivity contribution >= 4 is 57.7 Å². The van der Waals surface area contributed by atoms with E-state index in [-0.39, 0.29) is 11.7 Å². The summed E-state index contributed by atoms with van der Waals surface area (Å²) in [7, 11) is 0. The first kappa shape index (κ1) is 19.4. The van der Waals surface area contributed by atoms with E-state index in [0.29, 0.717) is 27.5 Å². The van der Waals surface area contributed by atoms with Crippen LogP contribution in [0.2, 0.25) is 5.02 Å². The molecule has 0 aliphatic rings. The molecule has 0 fully saturated rings. The van der Waals surface area contributed by atoms with Crippen molar-refractivity contribution in [2.75, 3.05) is 5.32 Å². The third-order valence-corrected chi connectivity index (χ3v) is 4.83. The molecule has 0 unspecified atom stereocenters. The Morgan fingerprint density at radius 1 is 1.15 bits per heavy atom. The number of benzene rings is 3. The number of anilines is 1. The molecule has 0 aromatic heterocycles. The molecule has 0 saturated carbocycles. The Kier molecular flexibility index (Phi) is 6.13. The maximum Gasteiger partial charge on any atom is 0.255 e. The maximum atomic E-state index is 12.3. The summed E-state index contributed by atoms with van der Waals surface area (Å²) in [5, 5.41) is 13.4. The molecular weight excluding hydrogens is 475 g/mol. The van der Waals surface area contributed by atoms with Crippen molar-refractivity contribution in [3.8, 4) is 5.75 Å². The SMILES string of the molecule is Cc1cc(I)cc(C=Nc2ccc(Cl)c(NC(=O)c3ccccc3)c2)c1O. The van der Waals surface area contributed by atoms with Gasteiger partial charge >= 0.3 is 0 Å². The molecule has 136 valence electrons. The van der Waals surface area contributed by atoms with E-state index in [1.165, 1.54) is 0 Å². The van der Waals surface area contributed by atoms with Crippen LogP contribution in [0.1, 0.15) is 21.5 Å². The second-order valence-electron chi connectivity index (χ2n) is 5.90. The number of amides is 1. The van der Waals surface area contributed by atoms with Crippen molar-refractivity contribution in [2.45, 2.75) is 6.92 Å². The van der Waals surface area contributed by atoms with Crippen LogP contribution in [0.15, 0.2) is 65.7 Å². The first-order chi connectivity index (χ1) is 12.9. The fourth-order valence-electron chi connectivity index (χ4n) is 2.48. The number of nitrogens with one attached hydrogen (secondary N) is 1. The normalized spacial score (nSPS) is 10.9. The van der Waals surface area contributed by atoms with Gasteiger partial charge in [0, 0.05) is 20.9 Å². The zero-order valence-corrected chi connectivity index (χ0v) is 17.3. The van der Waals surface area contributed by atoms with Crippen LogP contribution < -0.4 is 5.32 Å². The molecule has 6 heteroatoms. The maximum absolute atomic E-state index is 12.3. The van der Waals surface area contributed by atoms with E-state index in [1.54, 1.807) is 48.7 Å². The van der Waals surface area contributed by atoms with E-state index in [1.807, 2.05) is 25.1 Å². The number of phenols is 1. The lowest BCUT2D eigenvalue weighted by atomic mass is 10.1. The van der Waals surface area contributed by atoms with E-state index in [0.717, 1.165) is 9.13 Å². The molecule has 0 aliphatic heterocycles. The van der Waals surface area contributed by atoms with E-state index < -0.39 is 0 Å². The molecule has 0 aliphatic carbocycles. The molecule has 3 aromatic carbocycles. The minimum atomic E-state index is -0.246. The van der Waals surface area contributed by atoms with Gasteiger partial charge in [0.15, 0.2) is 0 Å². The number of aromatic hydroxyl groups is 1. The molecule has 0 heterocycles. The molecule has 0 saturated heterocycles. The van der Waals surface area contributed by atoms with E-state index in [2.05, 4.69) is 32.9 Å². The number of carbonyl (C=O) groups is 1. The van der Waals surface area contributed by atoms with Crippen LogP contribution in [0.3, 0.4) is 0 Å². The van der Waals surface area contributed by atoms with Gasteiger partial charge < -0.3 is 10.4 Å². The monoisotopic (exact) mass is 490 g/mol. The summed E-state index contributed by atoms with van der Waals surface area (Å²) in [5.41, 5.74) is 3.04. The topological polar surface area (TPSA) is 61.7 Å². The Labute approximate surface area is 176 Å². The van der Waals surface area contributed by atoms with Gasteiger partial charge in [-0.1, -0.05) is 29.8 Å². The Bertz CT molecular complexity index is 1020. The average molecular weight is 491 g/mol. The number of hydrogen-bond donors (Lipinski definition) is 2. The lowest BCUT2D eigenvalue weighted by Gasteiger charge is -2.08. The van der Waals surface area contributed by atoms with Crippen LogP contribution in [-0.4, -0.2) is 17.2 Å². The number of phenolic OH excluding ortho intramolecular Hbond substituents is 1. The Hall–Kier alpha value is -2.38. The molecule has 27 heavy (non-hydrogen) atoms. The van der Waals surface area contributed by atoms with Crippen molar-refractivity contribution in [3.63, 3.8) is 0 Å². The number of nitrogens with zero attached hydrogens (tertiary/aromatic N) is 1. The summed E-state index contributed by atoms with van der Waals surface area (Å²) < 4.78 is 1.01. The molecule has 4 nitrogen and oxygen atoms in total. The zero-order chi connectivity index (χ0) is 19.4. The average Bonchev–Trinajstić information content (AvgIpc) is 2.66. The van der Waals surface area contributed by atoms with Crippen LogP contribution in [0.25, 0.3) is 0 Å². The van der Waals surface area contributed by atoms with Gasteiger partial charge in [0.1, 0.15) is 5.75 Å². The van der Waals surface area contributed by atoms with Crippen LogP contribution in [0.4, 0.5) is 11.4 Å². The molecule has 3 rings (SSSR count). The second-order valence-corrected chi connectivity index (χ2v) is 7.56. The van der Waals surface area contributed by atoms with E-state index >= 15 is 0 Å². The third-order valence-electron chi connectivity index (χ3n) is 3.88.